The van der Waals surface area contributed by atoms with Crippen LogP contribution in [0.5, 0.6) is 0 Å². The first-order valence-corrected chi connectivity index (χ1v) is 7.26. The summed E-state index contributed by atoms with van der Waals surface area (Å²) >= 11 is 0. The molecule has 1 amide bonds. The van der Waals surface area contributed by atoms with Crippen molar-refractivity contribution in [2.45, 2.75) is 32.1 Å². The van der Waals surface area contributed by atoms with Crippen molar-refractivity contribution >= 4 is 5.91 Å². The van der Waals surface area contributed by atoms with E-state index in [1.54, 1.807) is 11.8 Å². The Morgan fingerprint density at radius 2 is 2.10 bits per heavy atom. The van der Waals surface area contributed by atoms with Gasteiger partial charge in [0.2, 0.25) is 11.8 Å². The van der Waals surface area contributed by atoms with Crippen LogP contribution in [0.25, 0.3) is 0 Å². The van der Waals surface area contributed by atoms with Gasteiger partial charge in [-0.2, -0.15) is 4.98 Å². The van der Waals surface area contributed by atoms with Gasteiger partial charge in [-0.1, -0.05) is 42.4 Å². The fourth-order valence-corrected chi connectivity index (χ4v) is 2.58. The van der Waals surface area contributed by atoms with Crippen LogP contribution in [0.4, 0.5) is 0 Å². The molecule has 1 aromatic carbocycles. The predicted molar refractivity (Wildman–Crippen MR) is 77.9 cm³/mol. The molecule has 0 saturated carbocycles. The molecular weight excluding hydrogens is 266 g/mol. The maximum absolute atomic E-state index is 11.2. The third-order valence-electron chi connectivity index (χ3n) is 4.02. The van der Waals surface area contributed by atoms with E-state index in [1.807, 2.05) is 18.2 Å². The van der Waals surface area contributed by atoms with Crippen LogP contribution in [0, 0.1) is 0 Å². The Bertz CT molecular complexity index is 617. The third kappa shape index (κ3) is 2.96. The lowest BCUT2D eigenvalue weighted by Gasteiger charge is -2.36. The van der Waals surface area contributed by atoms with E-state index in [1.165, 1.54) is 5.56 Å². The van der Waals surface area contributed by atoms with Crippen molar-refractivity contribution in [3.63, 3.8) is 0 Å². The van der Waals surface area contributed by atoms with Gasteiger partial charge in [0.25, 0.3) is 0 Å². The monoisotopic (exact) mass is 285 g/mol. The second-order valence-corrected chi connectivity index (χ2v) is 5.69. The highest BCUT2D eigenvalue weighted by molar-refractivity contribution is 5.74. The average Bonchev–Trinajstić information content (AvgIpc) is 2.85. The molecule has 1 atom stereocenters. The summed E-state index contributed by atoms with van der Waals surface area (Å²) in [4.78, 5) is 17.4. The summed E-state index contributed by atoms with van der Waals surface area (Å²) < 4.78 is 5.33. The fourth-order valence-electron chi connectivity index (χ4n) is 2.58. The molecule has 21 heavy (non-hydrogen) atoms. The van der Waals surface area contributed by atoms with Crippen LogP contribution < -0.4 is 0 Å². The number of hydrogen-bond donors (Lipinski definition) is 0. The van der Waals surface area contributed by atoms with E-state index in [9.17, 15) is 4.79 Å². The standard InChI is InChI=1S/C16H19N3O2/c1-11(13-6-4-3-5-7-13)8-15-17-16(21-18-15)14-9-19(10-14)12(2)20/h3-7,11,14H,8-10H2,1-2H3. The number of carbonyl (C=O) groups is 1. The first-order valence-electron chi connectivity index (χ1n) is 7.26. The topological polar surface area (TPSA) is 59.2 Å². The number of nitrogens with zero attached hydrogens (tertiary/aromatic N) is 3. The lowest BCUT2D eigenvalue weighted by atomic mass is 9.97. The van der Waals surface area contributed by atoms with Crippen molar-refractivity contribution in [1.29, 1.82) is 0 Å². The van der Waals surface area contributed by atoms with Crippen molar-refractivity contribution in [1.82, 2.24) is 15.0 Å². The Morgan fingerprint density at radius 1 is 1.38 bits per heavy atom. The normalized spacial score (nSPS) is 16.6. The predicted octanol–water partition coefficient (Wildman–Crippen LogP) is 2.36. The zero-order valence-corrected chi connectivity index (χ0v) is 12.3. The van der Waals surface area contributed by atoms with Crippen LogP contribution in [-0.2, 0) is 11.2 Å². The molecule has 5 heteroatoms. The molecule has 1 fully saturated rings. The maximum Gasteiger partial charge on any atom is 0.233 e. The van der Waals surface area contributed by atoms with Crippen LogP contribution in [0.1, 0.15) is 43.0 Å². The van der Waals surface area contributed by atoms with Gasteiger partial charge < -0.3 is 9.42 Å². The molecule has 5 nitrogen and oxygen atoms in total. The number of carbonyl (C=O) groups excluding carboxylic acids is 1. The van der Waals surface area contributed by atoms with E-state index in [0.717, 1.165) is 12.2 Å². The molecule has 0 radical (unpaired) electrons. The van der Waals surface area contributed by atoms with Crippen molar-refractivity contribution in [3.8, 4) is 0 Å². The molecule has 2 heterocycles. The molecule has 3 rings (SSSR count). The number of likely N-dealkylation sites (tertiary alicyclic amines) is 1. The number of rotatable bonds is 4. The van der Waals surface area contributed by atoms with E-state index >= 15 is 0 Å². The quantitative estimate of drug-likeness (QED) is 0.865. The van der Waals surface area contributed by atoms with Crippen LogP contribution in [0.15, 0.2) is 34.9 Å². The van der Waals surface area contributed by atoms with E-state index in [4.69, 9.17) is 4.52 Å². The highest BCUT2D eigenvalue weighted by atomic mass is 16.5. The van der Waals surface area contributed by atoms with Crippen molar-refractivity contribution in [2.24, 2.45) is 0 Å². The first-order chi connectivity index (χ1) is 10.1. The van der Waals surface area contributed by atoms with E-state index < -0.39 is 0 Å². The molecule has 1 aliphatic rings. The van der Waals surface area contributed by atoms with Gasteiger partial charge in [0.1, 0.15) is 0 Å². The Kier molecular flexibility index (Phi) is 3.73. The van der Waals surface area contributed by atoms with Gasteiger partial charge in [-0.15, -0.1) is 0 Å². The summed E-state index contributed by atoms with van der Waals surface area (Å²) in [5.74, 6) is 2.04. The van der Waals surface area contributed by atoms with Crippen LogP contribution >= 0.6 is 0 Å². The molecule has 1 aliphatic heterocycles. The van der Waals surface area contributed by atoms with Crippen molar-refractivity contribution in [3.05, 3.63) is 47.6 Å². The van der Waals surface area contributed by atoms with E-state index in [0.29, 0.717) is 24.9 Å². The van der Waals surface area contributed by atoms with E-state index in [-0.39, 0.29) is 11.8 Å². The zero-order chi connectivity index (χ0) is 14.8. The lowest BCUT2D eigenvalue weighted by molar-refractivity contribution is -0.133. The lowest BCUT2D eigenvalue weighted by Crippen LogP contribution is -2.47. The number of hydrogen-bond acceptors (Lipinski definition) is 4. The summed E-state index contributed by atoms with van der Waals surface area (Å²) in [5, 5.41) is 4.06. The Labute approximate surface area is 124 Å². The van der Waals surface area contributed by atoms with Gasteiger partial charge in [0, 0.05) is 26.4 Å². The van der Waals surface area contributed by atoms with E-state index in [2.05, 4.69) is 29.2 Å². The summed E-state index contributed by atoms with van der Waals surface area (Å²) in [6.07, 6.45) is 0.761. The summed E-state index contributed by atoms with van der Waals surface area (Å²) in [5.41, 5.74) is 1.27. The Balaban J connectivity index is 1.60. The number of amides is 1. The van der Waals surface area contributed by atoms with Gasteiger partial charge in [-0.3, -0.25) is 4.79 Å². The molecule has 0 N–H and O–H groups in total. The smallest absolute Gasteiger partial charge is 0.233 e. The summed E-state index contributed by atoms with van der Waals surface area (Å²) in [6.45, 7) is 5.11. The molecule has 2 aromatic rings. The summed E-state index contributed by atoms with van der Waals surface area (Å²) in [7, 11) is 0. The van der Waals surface area contributed by atoms with Crippen molar-refractivity contribution in [2.75, 3.05) is 13.1 Å². The SMILES string of the molecule is CC(=O)N1CC(c2nc(CC(C)c3ccccc3)no2)C1. The maximum atomic E-state index is 11.2. The fraction of sp³-hybridized carbons (Fsp3) is 0.438. The number of benzene rings is 1. The Morgan fingerprint density at radius 3 is 2.76 bits per heavy atom. The van der Waals surface area contributed by atoms with Gasteiger partial charge in [0.15, 0.2) is 5.82 Å². The third-order valence-corrected chi connectivity index (χ3v) is 4.02. The minimum atomic E-state index is 0.101. The van der Waals surface area contributed by atoms with Crippen molar-refractivity contribution < 1.29 is 9.32 Å². The first kappa shape index (κ1) is 13.8. The highest BCUT2D eigenvalue weighted by Gasteiger charge is 2.34. The van der Waals surface area contributed by atoms with Crippen LogP contribution in [0.2, 0.25) is 0 Å². The van der Waals surface area contributed by atoms with Gasteiger partial charge >= 0.3 is 0 Å². The van der Waals surface area contributed by atoms with Crippen LogP contribution in [0.3, 0.4) is 0 Å². The molecule has 110 valence electrons. The van der Waals surface area contributed by atoms with Gasteiger partial charge in [-0.05, 0) is 11.5 Å². The molecule has 1 aromatic heterocycles. The second kappa shape index (κ2) is 5.68. The molecule has 1 unspecified atom stereocenters. The molecule has 0 aliphatic carbocycles. The number of aromatic nitrogens is 2. The summed E-state index contributed by atoms with van der Waals surface area (Å²) in [6, 6.07) is 10.3. The van der Waals surface area contributed by atoms with Crippen LogP contribution in [-0.4, -0.2) is 34.0 Å². The zero-order valence-electron chi connectivity index (χ0n) is 12.3. The minimum Gasteiger partial charge on any atom is -0.341 e. The minimum absolute atomic E-state index is 0.101. The largest absolute Gasteiger partial charge is 0.341 e. The van der Waals surface area contributed by atoms with Gasteiger partial charge in [0.05, 0.1) is 5.92 Å². The van der Waals surface area contributed by atoms with Gasteiger partial charge in [-0.25, -0.2) is 0 Å². The molecular formula is C16H19N3O2. The average molecular weight is 285 g/mol. The molecule has 1 saturated heterocycles. The highest BCUT2D eigenvalue weighted by Crippen LogP contribution is 2.26. The molecule has 0 spiro atoms. The molecule has 0 bridgehead atoms. The second-order valence-electron chi connectivity index (χ2n) is 5.69. The Hall–Kier alpha value is -2.17.